The molecule has 5 heteroatoms. The summed E-state index contributed by atoms with van der Waals surface area (Å²) in [5, 5.41) is 4.65. The van der Waals surface area contributed by atoms with Crippen LogP contribution in [0.3, 0.4) is 0 Å². The number of hydrogen-bond acceptors (Lipinski definition) is 3. The minimum Gasteiger partial charge on any atom is -0.399 e. The molecule has 3 aromatic rings. The minimum absolute atomic E-state index is 0.161. The van der Waals surface area contributed by atoms with Gasteiger partial charge in [0.05, 0.1) is 17.4 Å². The van der Waals surface area contributed by atoms with Crippen molar-refractivity contribution in [2.75, 3.05) is 5.73 Å². The van der Waals surface area contributed by atoms with E-state index in [4.69, 9.17) is 17.3 Å². The van der Waals surface area contributed by atoms with Crippen molar-refractivity contribution in [3.8, 4) is 5.69 Å². The van der Waals surface area contributed by atoms with E-state index in [-0.39, 0.29) is 5.78 Å². The van der Waals surface area contributed by atoms with Crippen molar-refractivity contribution in [1.29, 1.82) is 0 Å². The summed E-state index contributed by atoms with van der Waals surface area (Å²) in [6.45, 7) is 0. The molecule has 0 amide bonds. The van der Waals surface area contributed by atoms with Crippen LogP contribution in [0.1, 0.15) is 15.9 Å². The van der Waals surface area contributed by atoms with Crippen LogP contribution in [-0.2, 0) is 0 Å². The smallest absolute Gasteiger partial charge is 0.196 e. The Morgan fingerprint density at radius 2 is 1.86 bits per heavy atom. The summed E-state index contributed by atoms with van der Waals surface area (Å²) in [5.74, 6) is -0.161. The Morgan fingerprint density at radius 1 is 1.10 bits per heavy atom. The fourth-order valence-corrected chi connectivity index (χ4v) is 2.32. The average Bonchev–Trinajstić information content (AvgIpc) is 2.96. The van der Waals surface area contributed by atoms with E-state index < -0.39 is 0 Å². The number of anilines is 1. The molecule has 0 aliphatic carbocycles. The lowest BCUT2D eigenvalue weighted by Gasteiger charge is -2.02. The minimum atomic E-state index is -0.161. The van der Waals surface area contributed by atoms with Crippen molar-refractivity contribution in [2.45, 2.75) is 0 Å². The SMILES string of the molecule is Nc1cc(Cl)cc(C(=O)c2cnn(-c3ccccc3)c2)c1. The predicted molar refractivity (Wildman–Crippen MR) is 82.9 cm³/mol. The van der Waals surface area contributed by atoms with E-state index in [2.05, 4.69) is 5.10 Å². The molecule has 0 fully saturated rings. The first kappa shape index (κ1) is 13.4. The molecule has 0 saturated carbocycles. The zero-order valence-corrected chi connectivity index (χ0v) is 11.8. The third-order valence-corrected chi connectivity index (χ3v) is 3.27. The van der Waals surface area contributed by atoms with Gasteiger partial charge in [-0.2, -0.15) is 5.10 Å². The van der Waals surface area contributed by atoms with E-state index in [9.17, 15) is 4.79 Å². The molecule has 2 aromatic carbocycles. The van der Waals surface area contributed by atoms with E-state index in [1.165, 1.54) is 6.20 Å². The van der Waals surface area contributed by atoms with Crippen LogP contribution in [0, 0.1) is 0 Å². The Labute approximate surface area is 126 Å². The summed E-state index contributed by atoms with van der Waals surface area (Å²) in [7, 11) is 0. The van der Waals surface area contributed by atoms with Crippen LogP contribution in [0.15, 0.2) is 60.9 Å². The van der Waals surface area contributed by atoms with Crippen LogP contribution in [0.5, 0.6) is 0 Å². The number of ketones is 1. The maximum Gasteiger partial charge on any atom is 0.196 e. The van der Waals surface area contributed by atoms with Crippen LogP contribution in [0.2, 0.25) is 5.02 Å². The van der Waals surface area contributed by atoms with E-state index in [0.717, 1.165) is 5.69 Å². The van der Waals surface area contributed by atoms with E-state index >= 15 is 0 Å². The monoisotopic (exact) mass is 297 g/mol. The number of carbonyl (C=O) groups is 1. The summed E-state index contributed by atoms with van der Waals surface area (Å²) < 4.78 is 1.65. The van der Waals surface area contributed by atoms with Crippen LogP contribution < -0.4 is 5.73 Å². The van der Waals surface area contributed by atoms with E-state index in [0.29, 0.717) is 21.8 Å². The lowest BCUT2D eigenvalue weighted by atomic mass is 10.1. The second kappa shape index (κ2) is 5.42. The number of benzene rings is 2. The van der Waals surface area contributed by atoms with Gasteiger partial charge < -0.3 is 5.73 Å². The first-order valence-corrected chi connectivity index (χ1v) is 6.72. The van der Waals surface area contributed by atoms with Crippen molar-refractivity contribution < 1.29 is 4.79 Å². The number of para-hydroxylation sites is 1. The molecule has 4 nitrogen and oxygen atoms in total. The molecule has 2 N–H and O–H groups in total. The van der Waals surface area contributed by atoms with Crippen LogP contribution in [0.4, 0.5) is 5.69 Å². The maximum atomic E-state index is 12.4. The maximum absolute atomic E-state index is 12.4. The number of rotatable bonds is 3. The van der Waals surface area contributed by atoms with Gasteiger partial charge in [0, 0.05) is 22.5 Å². The number of nitrogens with zero attached hydrogens (tertiary/aromatic N) is 2. The molecular weight excluding hydrogens is 286 g/mol. The molecule has 0 unspecified atom stereocenters. The zero-order valence-electron chi connectivity index (χ0n) is 11.0. The predicted octanol–water partition coefficient (Wildman–Crippen LogP) is 3.34. The zero-order chi connectivity index (χ0) is 14.8. The Kier molecular flexibility index (Phi) is 3.46. The molecule has 0 radical (unpaired) electrons. The molecule has 1 aromatic heterocycles. The first-order chi connectivity index (χ1) is 10.1. The highest BCUT2D eigenvalue weighted by Crippen LogP contribution is 2.19. The van der Waals surface area contributed by atoms with Gasteiger partial charge in [0.1, 0.15) is 0 Å². The van der Waals surface area contributed by atoms with Gasteiger partial charge in [0.2, 0.25) is 0 Å². The summed E-state index contributed by atoms with van der Waals surface area (Å²) in [5.41, 5.74) is 8.00. The fourth-order valence-electron chi connectivity index (χ4n) is 2.07. The quantitative estimate of drug-likeness (QED) is 0.596. The Hall–Kier alpha value is -2.59. The lowest BCUT2D eigenvalue weighted by Crippen LogP contribution is -2.01. The molecular formula is C16H12ClN3O. The van der Waals surface area contributed by atoms with Gasteiger partial charge in [-0.1, -0.05) is 29.8 Å². The number of carbonyl (C=O) groups excluding carboxylic acids is 1. The lowest BCUT2D eigenvalue weighted by molar-refractivity contribution is 0.103. The van der Waals surface area contributed by atoms with Gasteiger partial charge in [-0.25, -0.2) is 4.68 Å². The number of aromatic nitrogens is 2. The van der Waals surface area contributed by atoms with Crippen LogP contribution in [0.25, 0.3) is 5.69 Å². The molecule has 1 heterocycles. The molecule has 0 spiro atoms. The van der Waals surface area contributed by atoms with Crippen LogP contribution in [-0.4, -0.2) is 15.6 Å². The molecule has 0 bridgehead atoms. The fraction of sp³-hybridized carbons (Fsp3) is 0. The summed E-state index contributed by atoms with van der Waals surface area (Å²) in [6, 6.07) is 14.4. The Morgan fingerprint density at radius 3 is 2.57 bits per heavy atom. The van der Waals surface area contributed by atoms with Gasteiger partial charge in [-0.3, -0.25) is 4.79 Å². The van der Waals surface area contributed by atoms with E-state index in [1.807, 2.05) is 30.3 Å². The van der Waals surface area contributed by atoms with Gasteiger partial charge in [-0.05, 0) is 30.3 Å². The summed E-state index contributed by atoms with van der Waals surface area (Å²) in [4.78, 5) is 12.4. The molecule has 0 atom stereocenters. The van der Waals surface area contributed by atoms with Crippen molar-refractivity contribution in [1.82, 2.24) is 9.78 Å². The molecule has 0 saturated heterocycles. The Bertz CT molecular complexity index is 776. The van der Waals surface area contributed by atoms with E-state index in [1.54, 1.807) is 29.1 Å². The van der Waals surface area contributed by atoms with Crippen molar-refractivity contribution in [3.63, 3.8) is 0 Å². The Balaban J connectivity index is 1.94. The second-order valence-electron chi connectivity index (χ2n) is 4.61. The number of halogens is 1. The highest BCUT2D eigenvalue weighted by Gasteiger charge is 2.13. The largest absolute Gasteiger partial charge is 0.399 e. The summed E-state index contributed by atoms with van der Waals surface area (Å²) >= 11 is 5.93. The first-order valence-electron chi connectivity index (χ1n) is 6.34. The standard InChI is InChI=1S/C16H12ClN3O/c17-13-6-11(7-14(18)8-13)16(21)12-9-19-20(10-12)15-4-2-1-3-5-15/h1-10H,18H2. The van der Waals surface area contributed by atoms with Gasteiger partial charge in [0.15, 0.2) is 5.78 Å². The summed E-state index contributed by atoms with van der Waals surface area (Å²) in [6.07, 6.45) is 3.22. The van der Waals surface area contributed by atoms with Crippen molar-refractivity contribution in [3.05, 3.63) is 77.1 Å². The second-order valence-corrected chi connectivity index (χ2v) is 5.05. The molecule has 0 aliphatic rings. The third kappa shape index (κ3) is 2.80. The van der Waals surface area contributed by atoms with Gasteiger partial charge >= 0.3 is 0 Å². The van der Waals surface area contributed by atoms with Gasteiger partial charge in [-0.15, -0.1) is 0 Å². The molecule has 104 valence electrons. The molecule has 21 heavy (non-hydrogen) atoms. The molecule has 3 rings (SSSR count). The number of nitrogen functional groups attached to an aromatic ring is 1. The highest BCUT2D eigenvalue weighted by molar-refractivity contribution is 6.31. The third-order valence-electron chi connectivity index (χ3n) is 3.05. The number of nitrogens with two attached hydrogens (primary N) is 1. The van der Waals surface area contributed by atoms with Crippen LogP contribution >= 0.6 is 11.6 Å². The highest BCUT2D eigenvalue weighted by atomic mass is 35.5. The van der Waals surface area contributed by atoms with Crippen molar-refractivity contribution in [2.24, 2.45) is 0 Å². The van der Waals surface area contributed by atoms with Crippen molar-refractivity contribution >= 4 is 23.1 Å². The van der Waals surface area contributed by atoms with Gasteiger partial charge in [0.25, 0.3) is 0 Å². The normalized spacial score (nSPS) is 10.5. The number of hydrogen-bond donors (Lipinski definition) is 1. The molecule has 0 aliphatic heterocycles. The average molecular weight is 298 g/mol. The topological polar surface area (TPSA) is 60.9 Å².